The number of nitrogens with one attached hydrogen (secondary N) is 1. The Bertz CT molecular complexity index is 781. The Balaban J connectivity index is 1.86. The monoisotopic (exact) mass is 355 g/mol. The number of methoxy groups -OCH3 is 1. The summed E-state index contributed by atoms with van der Waals surface area (Å²) in [7, 11) is 1.57. The lowest BCUT2D eigenvalue weighted by Crippen LogP contribution is -2.30. The number of carbonyl (C=O) groups is 3. The summed E-state index contributed by atoms with van der Waals surface area (Å²) in [6.07, 6.45) is -0.872. The van der Waals surface area contributed by atoms with E-state index in [4.69, 9.17) is 9.47 Å². The van der Waals surface area contributed by atoms with Crippen LogP contribution in [0.25, 0.3) is 0 Å². The lowest BCUT2D eigenvalue weighted by molar-refractivity contribution is -0.152. The number of carbonyl (C=O) groups excluding carboxylic acids is 3. The summed E-state index contributed by atoms with van der Waals surface area (Å²) in [6, 6.07) is 13.5. The van der Waals surface area contributed by atoms with Gasteiger partial charge in [0.25, 0.3) is 5.91 Å². The highest BCUT2D eigenvalue weighted by Gasteiger charge is 2.18. The van der Waals surface area contributed by atoms with Crippen LogP contribution in [0.3, 0.4) is 0 Å². The van der Waals surface area contributed by atoms with E-state index in [1.807, 2.05) is 0 Å². The van der Waals surface area contributed by atoms with Gasteiger partial charge >= 0.3 is 5.97 Å². The number of benzene rings is 2. The molecule has 26 heavy (non-hydrogen) atoms. The second-order valence-corrected chi connectivity index (χ2v) is 5.78. The van der Waals surface area contributed by atoms with Crippen molar-refractivity contribution in [2.24, 2.45) is 0 Å². The van der Waals surface area contributed by atoms with Crippen LogP contribution in [0.2, 0.25) is 0 Å². The maximum absolute atomic E-state index is 12.1. The Labute approximate surface area is 152 Å². The van der Waals surface area contributed by atoms with Crippen molar-refractivity contribution < 1.29 is 23.9 Å². The molecule has 2 aromatic rings. The fourth-order valence-electron chi connectivity index (χ4n) is 2.23. The predicted molar refractivity (Wildman–Crippen MR) is 97.3 cm³/mol. The van der Waals surface area contributed by atoms with Gasteiger partial charge in [-0.2, -0.15) is 0 Å². The number of amides is 1. The quantitative estimate of drug-likeness (QED) is 0.610. The molecule has 0 spiro atoms. The summed E-state index contributed by atoms with van der Waals surface area (Å²) >= 11 is 0. The number of ketones is 1. The maximum Gasteiger partial charge on any atom is 0.311 e. The van der Waals surface area contributed by atoms with Gasteiger partial charge in [0.05, 0.1) is 13.5 Å². The molecule has 0 aliphatic heterocycles. The largest absolute Gasteiger partial charge is 0.497 e. The lowest BCUT2D eigenvalue weighted by Gasteiger charge is -2.14. The number of rotatable bonds is 7. The highest BCUT2D eigenvalue weighted by atomic mass is 16.5. The smallest absolute Gasteiger partial charge is 0.311 e. The minimum absolute atomic E-state index is 0.0521. The third-order valence-corrected chi connectivity index (χ3v) is 3.74. The second-order valence-electron chi connectivity index (χ2n) is 5.78. The molecule has 6 heteroatoms. The molecule has 1 N–H and O–H groups in total. The molecule has 0 aliphatic rings. The first-order chi connectivity index (χ1) is 12.4. The van der Waals surface area contributed by atoms with Gasteiger partial charge in [-0.1, -0.05) is 12.1 Å². The molecule has 0 radical (unpaired) electrons. The van der Waals surface area contributed by atoms with Gasteiger partial charge in [-0.05, 0) is 55.8 Å². The van der Waals surface area contributed by atoms with Crippen molar-refractivity contribution in [3.63, 3.8) is 0 Å². The van der Waals surface area contributed by atoms with E-state index in [0.717, 1.165) is 5.56 Å². The minimum Gasteiger partial charge on any atom is -0.497 e. The summed E-state index contributed by atoms with van der Waals surface area (Å²) in [5.41, 5.74) is 1.85. The van der Waals surface area contributed by atoms with Gasteiger partial charge in [-0.15, -0.1) is 0 Å². The number of ether oxygens (including phenoxy) is 2. The normalized spacial score (nSPS) is 11.3. The molecule has 0 unspecified atom stereocenters. The molecule has 1 atom stereocenters. The zero-order chi connectivity index (χ0) is 19.1. The molecule has 2 aromatic carbocycles. The van der Waals surface area contributed by atoms with E-state index in [9.17, 15) is 14.4 Å². The predicted octanol–water partition coefficient (Wildman–Crippen LogP) is 3.01. The van der Waals surface area contributed by atoms with E-state index in [2.05, 4.69) is 5.32 Å². The van der Waals surface area contributed by atoms with Crippen molar-refractivity contribution in [2.75, 3.05) is 12.4 Å². The van der Waals surface area contributed by atoms with Crippen LogP contribution in [0.15, 0.2) is 48.5 Å². The van der Waals surface area contributed by atoms with E-state index in [1.165, 1.54) is 13.8 Å². The van der Waals surface area contributed by atoms with Gasteiger partial charge in [0.1, 0.15) is 5.75 Å². The van der Waals surface area contributed by atoms with Crippen LogP contribution < -0.4 is 10.1 Å². The van der Waals surface area contributed by atoms with Gasteiger partial charge in [-0.25, -0.2) is 0 Å². The Morgan fingerprint density at radius 3 is 2.15 bits per heavy atom. The van der Waals surface area contributed by atoms with Crippen LogP contribution in [0.4, 0.5) is 5.69 Å². The molecular weight excluding hydrogens is 334 g/mol. The van der Waals surface area contributed by atoms with Crippen LogP contribution in [0.1, 0.15) is 29.8 Å². The summed E-state index contributed by atoms with van der Waals surface area (Å²) in [4.78, 5) is 35.4. The zero-order valence-corrected chi connectivity index (χ0v) is 14.9. The van der Waals surface area contributed by atoms with Crippen molar-refractivity contribution in [3.8, 4) is 5.75 Å². The summed E-state index contributed by atoms with van der Waals surface area (Å²) in [5, 5.41) is 2.65. The average molecular weight is 355 g/mol. The molecule has 0 fully saturated rings. The SMILES string of the molecule is COc1ccc(CC(=O)O[C@H](C)C(=O)Nc2ccc(C(C)=O)cc2)cc1. The summed E-state index contributed by atoms with van der Waals surface area (Å²) < 4.78 is 10.2. The number of hydrogen-bond acceptors (Lipinski definition) is 5. The topological polar surface area (TPSA) is 81.7 Å². The Morgan fingerprint density at radius 2 is 1.62 bits per heavy atom. The van der Waals surface area contributed by atoms with Gasteiger partial charge < -0.3 is 14.8 Å². The van der Waals surface area contributed by atoms with Crippen molar-refractivity contribution >= 4 is 23.3 Å². The zero-order valence-electron chi connectivity index (χ0n) is 14.9. The first-order valence-electron chi connectivity index (χ1n) is 8.13. The average Bonchev–Trinajstić information content (AvgIpc) is 2.62. The standard InChI is InChI=1S/C20H21NO5/c1-13(22)16-6-8-17(9-7-16)21-20(24)14(2)26-19(23)12-15-4-10-18(25-3)11-5-15/h4-11,14H,12H2,1-3H3,(H,21,24)/t14-/m1/s1. The molecule has 0 saturated carbocycles. The number of anilines is 1. The number of Topliss-reactive ketones (excluding diaryl/α,β-unsaturated/α-hetero) is 1. The van der Waals surface area contributed by atoms with Crippen molar-refractivity contribution in [1.82, 2.24) is 0 Å². The Hall–Kier alpha value is -3.15. The van der Waals surface area contributed by atoms with Crippen molar-refractivity contribution in [3.05, 3.63) is 59.7 Å². The van der Waals surface area contributed by atoms with Crippen LogP contribution >= 0.6 is 0 Å². The van der Waals surface area contributed by atoms with E-state index < -0.39 is 18.0 Å². The Kier molecular flexibility index (Phi) is 6.49. The molecule has 2 rings (SSSR count). The molecule has 0 heterocycles. The van der Waals surface area contributed by atoms with Crippen LogP contribution in [-0.2, 0) is 20.7 Å². The van der Waals surface area contributed by atoms with E-state index in [-0.39, 0.29) is 12.2 Å². The van der Waals surface area contributed by atoms with Crippen molar-refractivity contribution in [1.29, 1.82) is 0 Å². The first-order valence-corrected chi connectivity index (χ1v) is 8.13. The van der Waals surface area contributed by atoms with Crippen molar-refractivity contribution in [2.45, 2.75) is 26.4 Å². The summed E-state index contributed by atoms with van der Waals surface area (Å²) in [6.45, 7) is 2.98. The lowest BCUT2D eigenvalue weighted by atomic mass is 10.1. The van der Waals surface area contributed by atoms with Crippen LogP contribution in [0, 0.1) is 0 Å². The van der Waals surface area contributed by atoms with Gasteiger partial charge in [0, 0.05) is 11.3 Å². The highest BCUT2D eigenvalue weighted by molar-refractivity contribution is 5.97. The Morgan fingerprint density at radius 1 is 1.00 bits per heavy atom. The molecule has 1 amide bonds. The summed E-state index contributed by atoms with van der Waals surface area (Å²) in [5.74, 6) is -0.289. The molecule has 136 valence electrons. The minimum atomic E-state index is -0.937. The van der Waals surface area contributed by atoms with Crippen LogP contribution in [0.5, 0.6) is 5.75 Å². The second kappa shape index (κ2) is 8.80. The molecule has 0 bridgehead atoms. The molecule has 0 aliphatic carbocycles. The highest BCUT2D eigenvalue weighted by Crippen LogP contribution is 2.13. The number of hydrogen-bond donors (Lipinski definition) is 1. The van der Waals surface area contributed by atoms with Gasteiger partial charge in [0.15, 0.2) is 11.9 Å². The third kappa shape index (κ3) is 5.44. The fraction of sp³-hybridized carbons (Fsp3) is 0.250. The molecule has 0 aromatic heterocycles. The van der Waals surface area contributed by atoms with Gasteiger partial charge in [0.2, 0.25) is 0 Å². The maximum atomic E-state index is 12.1. The van der Waals surface area contributed by atoms with Gasteiger partial charge in [-0.3, -0.25) is 14.4 Å². The number of esters is 1. The first kappa shape index (κ1) is 19.2. The molecular formula is C20H21NO5. The van der Waals surface area contributed by atoms with Crippen LogP contribution in [-0.4, -0.2) is 30.9 Å². The molecule has 6 nitrogen and oxygen atoms in total. The van der Waals surface area contributed by atoms with E-state index in [1.54, 1.807) is 55.6 Å². The van der Waals surface area contributed by atoms with E-state index in [0.29, 0.717) is 17.0 Å². The fourth-order valence-corrected chi connectivity index (χ4v) is 2.23. The molecule has 0 saturated heterocycles. The van der Waals surface area contributed by atoms with E-state index >= 15 is 0 Å². The third-order valence-electron chi connectivity index (χ3n) is 3.74.